The van der Waals surface area contributed by atoms with Gasteiger partial charge in [-0.3, -0.25) is 4.68 Å². The predicted octanol–water partition coefficient (Wildman–Crippen LogP) is -0.826. The van der Waals surface area contributed by atoms with Crippen LogP contribution >= 0.6 is 0 Å². The molecule has 0 saturated heterocycles. The van der Waals surface area contributed by atoms with Crippen LogP contribution in [0.15, 0.2) is 34.4 Å². The zero-order chi connectivity index (χ0) is 17.6. The van der Waals surface area contributed by atoms with E-state index in [1.54, 1.807) is 29.1 Å². The van der Waals surface area contributed by atoms with E-state index in [2.05, 4.69) is 20.3 Å². The van der Waals surface area contributed by atoms with Gasteiger partial charge in [0.25, 0.3) is 0 Å². The minimum Gasteiger partial charge on any atom is -0.487 e. The summed E-state index contributed by atoms with van der Waals surface area (Å²) in [6.07, 6.45) is 1.76. The Bertz CT molecular complexity index is 797. The van der Waals surface area contributed by atoms with Gasteiger partial charge in [-0.25, -0.2) is 4.99 Å². The fourth-order valence-corrected chi connectivity index (χ4v) is 2.07. The number of guanidine groups is 2. The van der Waals surface area contributed by atoms with Gasteiger partial charge in [-0.2, -0.15) is 4.99 Å². The van der Waals surface area contributed by atoms with Crippen LogP contribution in [0, 0.1) is 0 Å². The molecule has 0 aliphatic carbocycles. The van der Waals surface area contributed by atoms with Crippen LogP contribution in [0.5, 0.6) is 17.2 Å². The normalized spacial score (nSPS) is 12.9. The van der Waals surface area contributed by atoms with Gasteiger partial charge in [0.15, 0.2) is 17.5 Å². The molecule has 0 atom stereocenters. The Morgan fingerprint density at radius 3 is 2.92 bits per heavy atom. The third-order valence-corrected chi connectivity index (χ3v) is 3.16. The second-order valence-corrected chi connectivity index (χ2v) is 5.05. The summed E-state index contributed by atoms with van der Waals surface area (Å²) in [5, 5.41) is 8.03. The minimum absolute atomic E-state index is 0.0199. The second kappa shape index (κ2) is 7.38. The Morgan fingerprint density at radius 2 is 2.08 bits per heavy atom. The van der Waals surface area contributed by atoms with E-state index in [0.717, 1.165) is 0 Å². The fourth-order valence-electron chi connectivity index (χ4n) is 2.07. The smallest absolute Gasteiger partial charge is 0.231 e. The largest absolute Gasteiger partial charge is 0.487 e. The van der Waals surface area contributed by atoms with Gasteiger partial charge in [-0.15, -0.1) is 5.10 Å². The predicted molar refractivity (Wildman–Crippen MR) is 89.2 cm³/mol. The molecule has 1 aliphatic rings. The highest BCUT2D eigenvalue weighted by Crippen LogP contribution is 2.35. The minimum atomic E-state index is -0.134. The highest BCUT2D eigenvalue weighted by molar-refractivity contribution is 5.92. The summed E-state index contributed by atoms with van der Waals surface area (Å²) in [4.78, 5) is 7.61. The summed E-state index contributed by atoms with van der Waals surface area (Å²) in [6.45, 7) is 1.36. The first-order valence-electron chi connectivity index (χ1n) is 7.41. The lowest BCUT2D eigenvalue weighted by Crippen LogP contribution is -2.26. The second-order valence-electron chi connectivity index (χ2n) is 5.05. The summed E-state index contributed by atoms with van der Waals surface area (Å²) in [5.41, 5.74) is 16.6. The van der Waals surface area contributed by atoms with E-state index >= 15 is 0 Å². The van der Waals surface area contributed by atoms with E-state index < -0.39 is 0 Å². The molecule has 0 spiro atoms. The lowest BCUT2D eigenvalue weighted by atomic mass is 10.3. The lowest BCUT2D eigenvalue weighted by molar-refractivity contribution is 0.173. The number of aromatic nitrogens is 3. The number of ether oxygens (including phenoxy) is 3. The molecule has 0 unspecified atom stereocenters. The molecule has 25 heavy (non-hydrogen) atoms. The average Bonchev–Trinajstić information content (AvgIpc) is 3.20. The number of hydrogen-bond donors (Lipinski definition) is 3. The summed E-state index contributed by atoms with van der Waals surface area (Å²) in [7, 11) is 0. The Balaban J connectivity index is 1.49. The van der Waals surface area contributed by atoms with Gasteiger partial charge in [-0.1, -0.05) is 5.21 Å². The summed E-state index contributed by atoms with van der Waals surface area (Å²) in [6, 6.07) is 5.38. The molecule has 0 saturated carbocycles. The maximum absolute atomic E-state index is 5.67. The van der Waals surface area contributed by atoms with E-state index in [1.165, 1.54) is 0 Å². The molecular formula is C14H18N8O3. The Labute approximate surface area is 143 Å². The van der Waals surface area contributed by atoms with Crippen molar-refractivity contribution < 1.29 is 14.2 Å². The van der Waals surface area contributed by atoms with E-state index in [-0.39, 0.29) is 25.3 Å². The SMILES string of the molecule is NC(N)=NC(N)=NCCn1cc(COc2ccc3c(c2)OCO3)nn1. The van der Waals surface area contributed by atoms with E-state index in [0.29, 0.717) is 36.0 Å². The molecule has 11 nitrogen and oxygen atoms in total. The topological polar surface area (TPSA) is 161 Å². The molecule has 0 radical (unpaired) electrons. The molecule has 2 aromatic rings. The fraction of sp³-hybridized carbons (Fsp3) is 0.286. The number of nitrogens with zero attached hydrogens (tertiary/aromatic N) is 5. The zero-order valence-corrected chi connectivity index (χ0v) is 13.3. The summed E-state index contributed by atoms with van der Waals surface area (Å²) >= 11 is 0. The van der Waals surface area contributed by atoms with Crippen molar-refractivity contribution in [3.8, 4) is 17.2 Å². The van der Waals surface area contributed by atoms with Gasteiger partial charge in [-0.05, 0) is 12.1 Å². The number of fused-ring (bicyclic) bond motifs is 1. The van der Waals surface area contributed by atoms with Crippen LogP contribution in [0.4, 0.5) is 0 Å². The number of benzene rings is 1. The molecule has 0 fully saturated rings. The molecule has 0 amide bonds. The van der Waals surface area contributed by atoms with Crippen LogP contribution < -0.4 is 31.4 Å². The number of aliphatic imine (C=N–C) groups is 2. The number of nitrogens with two attached hydrogens (primary N) is 3. The van der Waals surface area contributed by atoms with Crippen LogP contribution in [-0.2, 0) is 13.2 Å². The Morgan fingerprint density at radius 1 is 1.24 bits per heavy atom. The monoisotopic (exact) mass is 346 g/mol. The molecule has 2 heterocycles. The Hall–Kier alpha value is -3.50. The number of hydrogen-bond acceptors (Lipinski definition) is 6. The van der Waals surface area contributed by atoms with Crippen molar-refractivity contribution in [1.29, 1.82) is 0 Å². The Kier molecular flexibility index (Phi) is 4.83. The standard InChI is InChI=1S/C14H18N8O3/c15-13(16)19-14(17)18-3-4-22-6-9(20-21-22)7-23-10-1-2-11-12(5-10)25-8-24-11/h1-2,5-6H,3-4,7-8H2,(H6,15,16,17,18,19). The summed E-state index contributed by atoms with van der Waals surface area (Å²) in [5.74, 6) is 1.92. The first-order valence-corrected chi connectivity index (χ1v) is 7.41. The average molecular weight is 346 g/mol. The van der Waals surface area contributed by atoms with Gasteiger partial charge < -0.3 is 31.4 Å². The van der Waals surface area contributed by atoms with Crippen LogP contribution in [0.2, 0.25) is 0 Å². The van der Waals surface area contributed by atoms with Crippen LogP contribution in [0.3, 0.4) is 0 Å². The third-order valence-electron chi connectivity index (χ3n) is 3.16. The third kappa shape index (κ3) is 4.50. The van der Waals surface area contributed by atoms with Crippen molar-refractivity contribution in [1.82, 2.24) is 15.0 Å². The van der Waals surface area contributed by atoms with Crippen molar-refractivity contribution in [3.05, 3.63) is 30.1 Å². The van der Waals surface area contributed by atoms with E-state index in [9.17, 15) is 0 Å². The van der Waals surface area contributed by atoms with E-state index in [1.807, 2.05) is 0 Å². The quantitative estimate of drug-likeness (QED) is 0.451. The number of rotatable bonds is 6. The molecule has 11 heteroatoms. The molecule has 1 aromatic heterocycles. The van der Waals surface area contributed by atoms with Crippen LogP contribution in [0.25, 0.3) is 0 Å². The van der Waals surface area contributed by atoms with Crippen molar-refractivity contribution in [2.45, 2.75) is 13.2 Å². The van der Waals surface area contributed by atoms with Crippen LogP contribution in [0.1, 0.15) is 5.69 Å². The maximum Gasteiger partial charge on any atom is 0.231 e. The first kappa shape index (κ1) is 16.4. The molecule has 3 rings (SSSR count). The molecular weight excluding hydrogens is 328 g/mol. The molecule has 6 N–H and O–H groups in total. The van der Waals surface area contributed by atoms with E-state index in [4.69, 9.17) is 31.4 Å². The van der Waals surface area contributed by atoms with Crippen molar-refractivity contribution >= 4 is 11.9 Å². The van der Waals surface area contributed by atoms with Gasteiger partial charge in [0.1, 0.15) is 18.1 Å². The van der Waals surface area contributed by atoms with Crippen molar-refractivity contribution in [2.75, 3.05) is 13.3 Å². The highest BCUT2D eigenvalue weighted by atomic mass is 16.7. The van der Waals surface area contributed by atoms with Gasteiger partial charge in [0.05, 0.1) is 19.3 Å². The van der Waals surface area contributed by atoms with Gasteiger partial charge >= 0.3 is 0 Å². The van der Waals surface area contributed by atoms with Gasteiger partial charge in [0, 0.05) is 6.07 Å². The molecule has 1 aliphatic heterocycles. The highest BCUT2D eigenvalue weighted by Gasteiger charge is 2.13. The zero-order valence-electron chi connectivity index (χ0n) is 13.3. The van der Waals surface area contributed by atoms with Crippen molar-refractivity contribution in [3.63, 3.8) is 0 Å². The van der Waals surface area contributed by atoms with Crippen molar-refractivity contribution in [2.24, 2.45) is 27.2 Å². The molecule has 1 aromatic carbocycles. The van der Waals surface area contributed by atoms with Crippen LogP contribution in [-0.4, -0.2) is 40.3 Å². The maximum atomic E-state index is 5.67. The molecule has 132 valence electrons. The van der Waals surface area contributed by atoms with Gasteiger partial charge in [0.2, 0.25) is 12.8 Å². The summed E-state index contributed by atoms with van der Waals surface area (Å²) < 4.78 is 17.9. The lowest BCUT2D eigenvalue weighted by Gasteiger charge is -2.04. The molecule has 0 bridgehead atoms. The first-order chi connectivity index (χ1) is 12.1.